The van der Waals surface area contributed by atoms with E-state index in [0.717, 1.165) is 11.4 Å². The van der Waals surface area contributed by atoms with Gasteiger partial charge >= 0.3 is 0 Å². The first kappa shape index (κ1) is 12.9. The molecule has 2 aliphatic rings. The van der Waals surface area contributed by atoms with Crippen molar-refractivity contribution in [1.29, 1.82) is 0 Å². The Kier molecular flexibility index (Phi) is 2.79. The maximum Gasteiger partial charge on any atom is 0.175 e. The molecular formula is C13H14ClN3O2S. The Morgan fingerprint density at radius 1 is 1.40 bits per heavy atom. The molecular weight excluding hydrogens is 298 g/mol. The molecule has 2 aromatic rings. The molecule has 2 aromatic heterocycles. The Labute approximate surface area is 125 Å². The van der Waals surface area contributed by atoms with Crippen LogP contribution in [-0.4, -0.2) is 38.1 Å². The standard InChI is InChI=1S/C13H14ClN3O2S/c1-13(2)18-8-6-20-10(9(8)19-13)7-5-16-12-11(14)15-3-4-17(7)12/h3-5,8-10H,6H2,1-2H3/t8?,9-,10-/m0/s1. The topological polar surface area (TPSA) is 48.7 Å². The van der Waals surface area contributed by atoms with Gasteiger partial charge in [0.15, 0.2) is 16.6 Å². The van der Waals surface area contributed by atoms with Crippen LogP contribution >= 0.6 is 23.4 Å². The zero-order valence-electron chi connectivity index (χ0n) is 11.1. The molecule has 2 aliphatic heterocycles. The Bertz CT molecular complexity index is 675. The zero-order valence-corrected chi connectivity index (χ0v) is 12.7. The number of aromatic nitrogens is 3. The van der Waals surface area contributed by atoms with Crippen LogP contribution in [0.4, 0.5) is 0 Å². The highest BCUT2D eigenvalue weighted by Gasteiger charge is 2.50. The quantitative estimate of drug-likeness (QED) is 0.810. The number of halogens is 1. The third-order valence-corrected chi connectivity index (χ3v) is 5.32. The monoisotopic (exact) mass is 311 g/mol. The first-order valence-electron chi connectivity index (χ1n) is 6.50. The first-order chi connectivity index (χ1) is 9.55. The van der Waals surface area contributed by atoms with Crippen molar-refractivity contribution in [3.63, 3.8) is 0 Å². The molecule has 3 atom stereocenters. The molecule has 4 rings (SSSR count). The molecule has 1 unspecified atom stereocenters. The molecule has 106 valence electrons. The second kappa shape index (κ2) is 4.34. The summed E-state index contributed by atoms with van der Waals surface area (Å²) in [5.74, 6) is 0.430. The highest BCUT2D eigenvalue weighted by Crippen LogP contribution is 2.49. The van der Waals surface area contributed by atoms with E-state index in [9.17, 15) is 0 Å². The van der Waals surface area contributed by atoms with Crippen LogP contribution in [0.15, 0.2) is 18.6 Å². The largest absolute Gasteiger partial charge is 0.344 e. The van der Waals surface area contributed by atoms with E-state index in [1.807, 2.05) is 42.4 Å². The van der Waals surface area contributed by atoms with Gasteiger partial charge in [-0.25, -0.2) is 9.97 Å². The second-order valence-corrected chi connectivity index (χ2v) is 7.02. The van der Waals surface area contributed by atoms with Gasteiger partial charge in [-0.1, -0.05) is 11.6 Å². The summed E-state index contributed by atoms with van der Waals surface area (Å²) in [5.41, 5.74) is 1.77. The number of imidazole rings is 1. The Morgan fingerprint density at radius 3 is 3.10 bits per heavy atom. The maximum atomic E-state index is 6.08. The van der Waals surface area contributed by atoms with E-state index in [1.54, 1.807) is 6.20 Å². The Balaban J connectivity index is 1.75. The van der Waals surface area contributed by atoms with Crippen LogP contribution in [0.3, 0.4) is 0 Å². The fraction of sp³-hybridized carbons (Fsp3) is 0.538. The molecule has 20 heavy (non-hydrogen) atoms. The van der Waals surface area contributed by atoms with Gasteiger partial charge in [0.25, 0.3) is 0 Å². The molecule has 0 saturated carbocycles. The highest BCUT2D eigenvalue weighted by atomic mass is 35.5. The van der Waals surface area contributed by atoms with Crippen LogP contribution in [0.5, 0.6) is 0 Å². The maximum absolute atomic E-state index is 6.08. The average molecular weight is 312 g/mol. The second-order valence-electron chi connectivity index (χ2n) is 5.49. The Morgan fingerprint density at radius 2 is 2.25 bits per heavy atom. The molecule has 0 aliphatic carbocycles. The van der Waals surface area contributed by atoms with E-state index >= 15 is 0 Å². The molecule has 0 amide bonds. The molecule has 0 spiro atoms. The highest BCUT2D eigenvalue weighted by molar-refractivity contribution is 7.99. The predicted octanol–water partition coefficient (Wildman–Crippen LogP) is 2.69. The van der Waals surface area contributed by atoms with Crippen LogP contribution in [0.2, 0.25) is 5.15 Å². The number of rotatable bonds is 1. The van der Waals surface area contributed by atoms with Crippen LogP contribution in [0.1, 0.15) is 24.8 Å². The summed E-state index contributed by atoms with van der Waals surface area (Å²) in [6, 6.07) is 0. The summed E-state index contributed by atoms with van der Waals surface area (Å²) in [6.45, 7) is 3.92. The lowest BCUT2D eigenvalue weighted by molar-refractivity contribution is -0.145. The fourth-order valence-electron chi connectivity index (χ4n) is 2.91. The minimum atomic E-state index is -0.506. The minimum Gasteiger partial charge on any atom is -0.344 e. The molecule has 2 fully saturated rings. The first-order valence-corrected chi connectivity index (χ1v) is 7.92. The van der Waals surface area contributed by atoms with Crippen LogP contribution < -0.4 is 0 Å². The van der Waals surface area contributed by atoms with Crippen molar-refractivity contribution in [2.24, 2.45) is 0 Å². The molecule has 7 heteroatoms. The van der Waals surface area contributed by atoms with Gasteiger partial charge in [-0.3, -0.25) is 4.40 Å². The lowest BCUT2D eigenvalue weighted by atomic mass is 10.1. The average Bonchev–Trinajstić information content (AvgIpc) is 3.01. The van der Waals surface area contributed by atoms with E-state index in [0.29, 0.717) is 10.8 Å². The van der Waals surface area contributed by atoms with E-state index in [2.05, 4.69) is 9.97 Å². The summed E-state index contributed by atoms with van der Waals surface area (Å²) in [4.78, 5) is 8.43. The minimum absolute atomic E-state index is 0.0573. The van der Waals surface area contributed by atoms with Gasteiger partial charge < -0.3 is 9.47 Å². The summed E-state index contributed by atoms with van der Waals surface area (Å²) in [7, 11) is 0. The molecule has 0 bridgehead atoms. The fourth-order valence-corrected chi connectivity index (χ4v) is 4.53. The molecule has 4 heterocycles. The predicted molar refractivity (Wildman–Crippen MR) is 77.0 cm³/mol. The van der Waals surface area contributed by atoms with Crippen LogP contribution in [-0.2, 0) is 9.47 Å². The van der Waals surface area contributed by atoms with Crippen molar-refractivity contribution in [2.45, 2.75) is 37.1 Å². The lowest BCUT2D eigenvalue weighted by Gasteiger charge is -2.21. The van der Waals surface area contributed by atoms with Crippen LogP contribution in [0.25, 0.3) is 5.65 Å². The summed E-state index contributed by atoms with van der Waals surface area (Å²) < 4.78 is 14.0. The molecule has 2 saturated heterocycles. The molecule has 0 radical (unpaired) electrons. The summed E-state index contributed by atoms with van der Waals surface area (Å²) >= 11 is 7.92. The van der Waals surface area contributed by atoms with Gasteiger partial charge in [0.05, 0.1) is 23.2 Å². The van der Waals surface area contributed by atoms with E-state index < -0.39 is 5.79 Å². The number of hydrogen-bond acceptors (Lipinski definition) is 5. The lowest BCUT2D eigenvalue weighted by Crippen LogP contribution is -2.24. The number of fused-ring (bicyclic) bond motifs is 2. The molecule has 0 N–H and O–H groups in total. The van der Waals surface area contributed by atoms with Gasteiger partial charge in [-0.2, -0.15) is 0 Å². The number of thioether (sulfide) groups is 1. The van der Waals surface area contributed by atoms with Gasteiger partial charge in [-0.05, 0) is 13.8 Å². The van der Waals surface area contributed by atoms with E-state index in [-0.39, 0.29) is 17.5 Å². The number of nitrogens with zero attached hydrogens (tertiary/aromatic N) is 3. The molecule has 0 aromatic carbocycles. The van der Waals surface area contributed by atoms with Crippen LogP contribution in [0, 0.1) is 0 Å². The third-order valence-electron chi connectivity index (χ3n) is 3.67. The normalized spacial score (nSPS) is 31.9. The van der Waals surface area contributed by atoms with Gasteiger partial charge in [-0.15, -0.1) is 11.8 Å². The van der Waals surface area contributed by atoms with Crippen molar-refractivity contribution in [1.82, 2.24) is 14.4 Å². The van der Waals surface area contributed by atoms with Gasteiger partial charge in [0.1, 0.15) is 6.10 Å². The SMILES string of the molecule is CC1(C)OC2CS[C@@H](c3cnc4c(Cl)nccn34)[C@H]2O1. The van der Waals surface area contributed by atoms with E-state index in [1.165, 1.54) is 0 Å². The van der Waals surface area contributed by atoms with Crippen molar-refractivity contribution >= 4 is 29.0 Å². The summed E-state index contributed by atoms with van der Waals surface area (Å²) in [5, 5.41) is 0.623. The van der Waals surface area contributed by atoms with Gasteiger partial charge in [0, 0.05) is 18.1 Å². The van der Waals surface area contributed by atoms with Crippen molar-refractivity contribution in [3.8, 4) is 0 Å². The number of ether oxygens (including phenoxy) is 2. The summed E-state index contributed by atoms with van der Waals surface area (Å²) in [6.07, 6.45) is 5.63. The van der Waals surface area contributed by atoms with Crippen molar-refractivity contribution in [3.05, 3.63) is 29.4 Å². The third kappa shape index (κ3) is 1.86. The number of hydrogen-bond donors (Lipinski definition) is 0. The smallest absolute Gasteiger partial charge is 0.175 e. The Hall–Kier alpha value is -0.820. The van der Waals surface area contributed by atoms with Crippen molar-refractivity contribution in [2.75, 3.05) is 5.75 Å². The zero-order chi connectivity index (χ0) is 13.9. The molecule has 5 nitrogen and oxygen atoms in total. The van der Waals surface area contributed by atoms with Crippen molar-refractivity contribution < 1.29 is 9.47 Å². The van der Waals surface area contributed by atoms with E-state index in [4.69, 9.17) is 21.1 Å². The van der Waals surface area contributed by atoms with Gasteiger partial charge in [0.2, 0.25) is 0 Å².